The molecule has 0 amide bonds. The maximum absolute atomic E-state index is 9.19. The number of benzene rings is 1. The summed E-state index contributed by atoms with van der Waals surface area (Å²) in [5.74, 6) is 2.06. The highest BCUT2D eigenvalue weighted by Gasteiger charge is 2.14. The van der Waals surface area contributed by atoms with E-state index in [-0.39, 0.29) is 12.5 Å². The van der Waals surface area contributed by atoms with E-state index in [1.807, 2.05) is 24.3 Å². The Balaban J connectivity index is 2.61. The molecule has 1 N–H and O–H groups in total. The fourth-order valence-electron chi connectivity index (χ4n) is 2.11. The Morgan fingerprint density at radius 3 is 2.58 bits per heavy atom. The predicted octanol–water partition coefficient (Wildman–Crippen LogP) is 2.57. The molecule has 0 bridgehead atoms. The number of rotatable bonds is 5. The van der Waals surface area contributed by atoms with Gasteiger partial charge in [0.05, 0.1) is 12.1 Å². The molecule has 0 unspecified atom stereocenters. The predicted molar refractivity (Wildman–Crippen MR) is 78.6 cm³/mol. The molecule has 0 aliphatic carbocycles. The quantitative estimate of drug-likeness (QED) is 0.896. The second-order valence-corrected chi connectivity index (χ2v) is 4.88. The van der Waals surface area contributed by atoms with Crippen LogP contribution < -0.4 is 4.90 Å². The van der Waals surface area contributed by atoms with Gasteiger partial charge in [-0.2, -0.15) is 0 Å². The van der Waals surface area contributed by atoms with Gasteiger partial charge in [-0.15, -0.1) is 0 Å². The van der Waals surface area contributed by atoms with Gasteiger partial charge in [0.15, 0.2) is 0 Å². The maximum atomic E-state index is 9.19. The van der Waals surface area contributed by atoms with Crippen molar-refractivity contribution in [3.05, 3.63) is 30.1 Å². The largest absolute Gasteiger partial charge is 0.395 e. The first-order valence-corrected chi connectivity index (χ1v) is 6.79. The van der Waals surface area contributed by atoms with Crippen LogP contribution in [0.15, 0.2) is 24.3 Å². The Morgan fingerprint density at radius 2 is 1.95 bits per heavy atom. The van der Waals surface area contributed by atoms with E-state index in [1.54, 1.807) is 0 Å². The summed E-state index contributed by atoms with van der Waals surface area (Å²) < 4.78 is 0. The van der Waals surface area contributed by atoms with Crippen molar-refractivity contribution in [2.75, 3.05) is 24.6 Å². The van der Waals surface area contributed by atoms with Crippen LogP contribution in [0.5, 0.6) is 0 Å². The number of hydrogen-bond donors (Lipinski definition) is 1. The molecule has 2 rings (SSSR count). The topological polar surface area (TPSA) is 49.2 Å². The summed E-state index contributed by atoms with van der Waals surface area (Å²) in [7, 11) is 0. The second kappa shape index (κ2) is 5.97. The highest BCUT2D eigenvalue weighted by molar-refractivity contribution is 5.89. The normalized spacial score (nSPS) is 11.2. The number of para-hydroxylation sites is 1. The highest BCUT2D eigenvalue weighted by atomic mass is 16.3. The Bertz CT molecular complexity index is 554. The molecule has 0 aliphatic rings. The molecule has 4 nitrogen and oxygen atoms in total. The van der Waals surface area contributed by atoms with Crippen LogP contribution in [0, 0.1) is 0 Å². The number of aromatic nitrogens is 2. The van der Waals surface area contributed by atoms with Crippen molar-refractivity contribution < 1.29 is 5.11 Å². The molecule has 19 heavy (non-hydrogen) atoms. The molecule has 1 heterocycles. The van der Waals surface area contributed by atoms with E-state index < -0.39 is 0 Å². The third-order valence-electron chi connectivity index (χ3n) is 3.17. The van der Waals surface area contributed by atoms with Gasteiger partial charge in [0.2, 0.25) is 0 Å². The van der Waals surface area contributed by atoms with Gasteiger partial charge in [0, 0.05) is 24.4 Å². The van der Waals surface area contributed by atoms with Crippen LogP contribution in [0.4, 0.5) is 5.82 Å². The molecule has 0 aliphatic heterocycles. The Hall–Kier alpha value is -1.68. The first-order chi connectivity index (χ1) is 9.17. The second-order valence-electron chi connectivity index (χ2n) is 4.88. The zero-order valence-corrected chi connectivity index (χ0v) is 11.8. The number of fused-ring (bicyclic) bond motifs is 1. The van der Waals surface area contributed by atoms with Crippen LogP contribution in [0.1, 0.15) is 32.5 Å². The standard InChI is InChI=1S/C15H21N3O/c1-4-18(9-10-19)15-12-7-5-6-8-13(12)16-14(17-15)11(2)3/h5-8,11,19H,4,9-10H2,1-3H3. The summed E-state index contributed by atoms with van der Waals surface area (Å²) in [5, 5.41) is 10.2. The molecule has 0 saturated heterocycles. The fourth-order valence-corrected chi connectivity index (χ4v) is 2.11. The monoisotopic (exact) mass is 259 g/mol. The van der Waals surface area contributed by atoms with Gasteiger partial charge in [0.25, 0.3) is 0 Å². The summed E-state index contributed by atoms with van der Waals surface area (Å²) in [6.07, 6.45) is 0. The molecule has 2 aromatic rings. The van der Waals surface area contributed by atoms with E-state index in [2.05, 4.69) is 30.7 Å². The number of nitrogens with zero attached hydrogens (tertiary/aromatic N) is 3. The first kappa shape index (κ1) is 13.7. The van der Waals surface area contributed by atoms with E-state index in [1.165, 1.54) is 0 Å². The van der Waals surface area contributed by atoms with Crippen molar-refractivity contribution in [2.24, 2.45) is 0 Å². The van der Waals surface area contributed by atoms with Crippen LogP contribution >= 0.6 is 0 Å². The molecular weight excluding hydrogens is 238 g/mol. The third kappa shape index (κ3) is 2.84. The molecule has 1 aromatic carbocycles. The number of aliphatic hydroxyl groups is 1. The molecule has 1 aromatic heterocycles. The van der Waals surface area contributed by atoms with Crippen LogP contribution in [0.3, 0.4) is 0 Å². The van der Waals surface area contributed by atoms with Crippen LogP contribution in [-0.4, -0.2) is 34.8 Å². The molecule has 0 atom stereocenters. The van der Waals surface area contributed by atoms with Crippen molar-refractivity contribution in [3.63, 3.8) is 0 Å². The van der Waals surface area contributed by atoms with E-state index >= 15 is 0 Å². The molecular formula is C15H21N3O. The van der Waals surface area contributed by atoms with Crippen molar-refractivity contribution in [3.8, 4) is 0 Å². The molecule has 0 spiro atoms. The summed E-state index contributed by atoms with van der Waals surface area (Å²) in [6.45, 7) is 7.80. The van der Waals surface area contributed by atoms with Crippen LogP contribution in [-0.2, 0) is 0 Å². The number of aliphatic hydroxyl groups excluding tert-OH is 1. The van der Waals surface area contributed by atoms with Gasteiger partial charge in [0.1, 0.15) is 11.6 Å². The zero-order chi connectivity index (χ0) is 13.8. The minimum absolute atomic E-state index is 0.128. The van der Waals surface area contributed by atoms with Gasteiger partial charge >= 0.3 is 0 Å². The molecule has 0 saturated carbocycles. The summed E-state index contributed by atoms with van der Waals surface area (Å²) in [4.78, 5) is 11.4. The molecule has 102 valence electrons. The van der Waals surface area contributed by atoms with E-state index in [0.29, 0.717) is 6.54 Å². The SMILES string of the molecule is CCN(CCO)c1nc(C(C)C)nc2ccccc12. The summed E-state index contributed by atoms with van der Waals surface area (Å²) in [6, 6.07) is 8.04. The third-order valence-corrected chi connectivity index (χ3v) is 3.17. The smallest absolute Gasteiger partial charge is 0.140 e. The lowest BCUT2D eigenvalue weighted by molar-refractivity contribution is 0.302. The van der Waals surface area contributed by atoms with Crippen molar-refractivity contribution in [2.45, 2.75) is 26.7 Å². The van der Waals surface area contributed by atoms with Crippen molar-refractivity contribution in [1.82, 2.24) is 9.97 Å². The minimum Gasteiger partial charge on any atom is -0.395 e. The number of likely N-dealkylation sites (N-methyl/N-ethyl adjacent to an activating group) is 1. The zero-order valence-electron chi connectivity index (χ0n) is 11.8. The van der Waals surface area contributed by atoms with Crippen molar-refractivity contribution >= 4 is 16.7 Å². The Labute approximate surface area is 114 Å². The van der Waals surface area contributed by atoms with Gasteiger partial charge < -0.3 is 10.0 Å². The van der Waals surface area contributed by atoms with E-state index in [0.717, 1.165) is 29.1 Å². The average Bonchev–Trinajstić information content (AvgIpc) is 2.43. The van der Waals surface area contributed by atoms with Gasteiger partial charge in [-0.05, 0) is 19.1 Å². The van der Waals surface area contributed by atoms with E-state index in [9.17, 15) is 5.11 Å². The molecule has 4 heteroatoms. The van der Waals surface area contributed by atoms with Crippen molar-refractivity contribution in [1.29, 1.82) is 0 Å². The van der Waals surface area contributed by atoms with Gasteiger partial charge in [-0.3, -0.25) is 0 Å². The van der Waals surface area contributed by atoms with Crippen LogP contribution in [0.2, 0.25) is 0 Å². The van der Waals surface area contributed by atoms with Crippen LogP contribution in [0.25, 0.3) is 10.9 Å². The first-order valence-electron chi connectivity index (χ1n) is 6.79. The minimum atomic E-state index is 0.128. The Morgan fingerprint density at radius 1 is 1.21 bits per heavy atom. The fraction of sp³-hybridized carbons (Fsp3) is 0.467. The summed E-state index contributed by atoms with van der Waals surface area (Å²) >= 11 is 0. The van der Waals surface area contributed by atoms with Gasteiger partial charge in [-0.25, -0.2) is 9.97 Å². The lowest BCUT2D eigenvalue weighted by Crippen LogP contribution is -2.27. The van der Waals surface area contributed by atoms with Gasteiger partial charge in [-0.1, -0.05) is 26.0 Å². The summed E-state index contributed by atoms with van der Waals surface area (Å²) in [5.41, 5.74) is 0.965. The Kier molecular flexibility index (Phi) is 4.32. The molecule has 0 fully saturated rings. The van der Waals surface area contributed by atoms with E-state index in [4.69, 9.17) is 4.98 Å². The number of anilines is 1. The number of hydrogen-bond acceptors (Lipinski definition) is 4. The lowest BCUT2D eigenvalue weighted by Gasteiger charge is -2.23. The average molecular weight is 259 g/mol. The lowest BCUT2D eigenvalue weighted by atomic mass is 10.1. The maximum Gasteiger partial charge on any atom is 0.140 e. The highest BCUT2D eigenvalue weighted by Crippen LogP contribution is 2.25. The molecule has 0 radical (unpaired) electrons.